The van der Waals surface area contributed by atoms with E-state index in [9.17, 15) is 13.5 Å². The number of aliphatic hydroxyl groups excluding tert-OH is 1. The summed E-state index contributed by atoms with van der Waals surface area (Å²) in [4.78, 5) is 0. The molecule has 1 aliphatic heterocycles. The molecule has 0 unspecified atom stereocenters. The fraction of sp³-hybridized carbons (Fsp3) is 0.278. The number of hydrogen-bond donors (Lipinski definition) is 4. The van der Waals surface area contributed by atoms with Gasteiger partial charge in [-0.05, 0) is 55.5 Å². The van der Waals surface area contributed by atoms with Gasteiger partial charge in [0.25, 0.3) is 0 Å². The maximum atomic E-state index is 11.6. The lowest BCUT2D eigenvalue weighted by Crippen LogP contribution is -2.31. The van der Waals surface area contributed by atoms with E-state index in [0.717, 1.165) is 17.1 Å². The summed E-state index contributed by atoms with van der Waals surface area (Å²) in [6.45, 7) is 2.02. The lowest BCUT2D eigenvalue weighted by Gasteiger charge is -2.17. The van der Waals surface area contributed by atoms with Crippen molar-refractivity contribution >= 4 is 44.2 Å². The van der Waals surface area contributed by atoms with Gasteiger partial charge in [0.2, 0.25) is 0 Å². The van der Waals surface area contributed by atoms with Crippen LogP contribution in [0, 0.1) is 6.92 Å². The van der Waals surface area contributed by atoms with Crippen LogP contribution in [0.2, 0.25) is 0 Å². The van der Waals surface area contributed by atoms with Crippen LogP contribution in [0.3, 0.4) is 0 Å². The monoisotopic (exact) mass is 391 g/mol. The number of benzene rings is 2. The molecule has 6 nitrogen and oxygen atoms in total. The van der Waals surface area contributed by atoms with Gasteiger partial charge in [-0.1, -0.05) is 17.7 Å². The van der Waals surface area contributed by atoms with Crippen LogP contribution < -0.4 is 16.0 Å². The number of aryl methyl sites for hydroxylation is 1. The van der Waals surface area contributed by atoms with Crippen molar-refractivity contribution in [3.63, 3.8) is 0 Å². The van der Waals surface area contributed by atoms with Crippen molar-refractivity contribution in [1.29, 1.82) is 0 Å². The molecule has 0 aromatic heterocycles. The quantitative estimate of drug-likeness (QED) is 0.595. The van der Waals surface area contributed by atoms with Gasteiger partial charge < -0.3 is 21.1 Å². The molecule has 0 radical (unpaired) electrons. The molecule has 26 heavy (non-hydrogen) atoms. The lowest BCUT2D eigenvalue weighted by molar-refractivity contribution is 0.190. The van der Waals surface area contributed by atoms with E-state index in [1.807, 2.05) is 55.5 Å². The zero-order chi connectivity index (χ0) is 18.7. The average molecular weight is 392 g/mol. The number of sulfone groups is 1. The van der Waals surface area contributed by atoms with Crippen molar-refractivity contribution in [3.8, 4) is 0 Å². The van der Waals surface area contributed by atoms with Gasteiger partial charge in [0.05, 0.1) is 23.7 Å². The second-order valence-electron chi connectivity index (χ2n) is 6.42. The highest BCUT2D eigenvalue weighted by Crippen LogP contribution is 2.20. The molecule has 1 saturated heterocycles. The Morgan fingerprint density at radius 3 is 1.96 bits per heavy atom. The average Bonchev–Trinajstić information content (AvgIpc) is 2.83. The van der Waals surface area contributed by atoms with E-state index >= 15 is 0 Å². The van der Waals surface area contributed by atoms with E-state index in [1.165, 1.54) is 5.56 Å². The molecule has 2 aromatic carbocycles. The summed E-state index contributed by atoms with van der Waals surface area (Å²) in [5.74, 6) is -0.248. The Hall–Kier alpha value is -2.16. The van der Waals surface area contributed by atoms with Gasteiger partial charge in [-0.3, -0.25) is 0 Å². The summed E-state index contributed by atoms with van der Waals surface area (Å²) in [7, 11) is -3.17. The van der Waals surface area contributed by atoms with E-state index < -0.39 is 22.0 Å². The van der Waals surface area contributed by atoms with Crippen LogP contribution >= 0.6 is 12.2 Å². The van der Waals surface area contributed by atoms with Crippen LogP contribution in [0.4, 0.5) is 17.1 Å². The molecule has 0 saturated carbocycles. The first kappa shape index (κ1) is 18.6. The van der Waals surface area contributed by atoms with Crippen molar-refractivity contribution < 1.29 is 13.5 Å². The van der Waals surface area contributed by atoms with Crippen LogP contribution in [0.15, 0.2) is 48.5 Å². The van der Waals surface area contributed by atoms with Crippen molar-refractivity contribution in [2.24, 2.45) is 0 Å². The molecule has 8 heteroatoms. The largest absolute Gasteiger partial charge is 0.390 e. The van der Waals surface area contributed by atoms with Gasteiger partial charge >= 0.3 is 0 Å². The molecule has 0 amide bonds. The molecular formula is C18H21N3O3S2. The summed E-state index contributed by atoms with van der Waals surface area (Å²) < 4.78 is 23.1. The predicted molar refractivity (Wildman–Crippen MR) is 110 cm³/mol. The first-order chi connectivity index (χ1) is 12.3. The molecule has 2 aromatic rings. The maximum absolute atomic E-state index is 11.6. The van der Waals surface area contributed by atoms with Crippen LogP contribution in [-0.4, -0.2) is 42.3 Å². The van der Waals surface area contributed by atoms with Gasteiger partial charge in [0.1, 0.15) is 0 Å². The third-order valence-electron chi connectivity index (χ3n) is 4.13. The van der Waals surface area contributed by atoms with Crippen LogP contribution in [0.1, 0.15) is 5.56 Å². The van der Waals surface area contributed by atoms with Gasteiger partial charge in [0.15, 0.2) is 14.9 Å². The highest BCUT2D eigenvalue weighted by Gasteiger charge is 2.36. The molecule has 138 valence electrons. The molecule has 1 heterocycles. The molecule has 1 fully saturated rings. The normalized spacial score (nSPS) is 21.2. The Bertz CT molecular complexity index is 881. The number of rotatable bonds is 4. The number of aliphatic hydroxyl groups is 1. The van der Waals surface area contributed by atoms with Gasteiger partial charge in [-0.2, -0.15) is 0 Å². The zero-order valence-corrected chi connectivity index (χ0v) is 15.9. The number of hydrogen-bond acceptors (Lipinski definition) is 5. The second-order valence-corrected chi connectivity index (χ2v) is 8.98. The Kier molecular flexibility index (Phi) is 5.45. The minimum atomic E-state index is -3.17. The fourth-order valence-electron chi connectivity index (χ4n) is 2.76. The highest BCUT2D eigenvalue weighted by molar-refractivity contribution is 7.91. The van der Waals surface area contributed by atoms with Crippen LogP contribution in [0.5, 0.6) is 0 Å². The summed E-state index contributed by atoms with van der Waals surface area (Å²) in [6.07, 6.45) is -0.885. The molecule has 0 spiro atoms. The van der Waals surface area contributed by atoms with E-state index in [-0.39, 0.29) is 11.5 Å². The molecule has 4 N–H and O–H groups in total. The highest BCUT2D eigenvalue weighted by atomic mass is 32.2. The van der Waals surface area contributed by atoms with E-state index in [4.69, 9.17) is 12.2 Å². The number of anilines is 3. The topological polar surface area (TPSA) is 90.5 Å². The minimum absolute atomic E-state index is 0.0568. The van der Waals surface area contributed by atoms with Crippen LogP contribution in [-0.2, 0) is 9.84 Å². The van der Waals surface area contributed by atoms with E-state index in [0.29, 0.717) is 5.11 Å². The molecule has 3 rings (SSSR count). The molecule has 0 bridgehead atoms. The Balaban J connectivity index is 1.56. The van der Waals surface area contributed by atoms with Crippen molar-refractivity contribution in [1.82, 2.24) is 0 Å². The van der Waals surface area contributed by atoms with Crippen LogP contribution in [0.25, 0.3) is 0 Å². The van der Waals surface area contributed by atoms with Gasteiger partial charge in [-0.15, -0.1) is 0 Å². The Morgan fingerprint density at radius 2 is 1.46 bits per heavy atom. The summed E-state index contributed by atoms with van der Waals surface area (Å²) in [6, 6.07) is 14.7. The third-order valence-corrected chi connectivity index (χ3v) is 6.05. The Morgan fingerprint density at radius 1 is 0.962 bits per heavy atom. The predicted octanol–water partition coefficient (Wildman–Crippen LogP) is 2.37. The van der Waals surface area contributed by atoms with Gasteiger partial charge in [-0.25, -0.2) is 8.42 Å². The van der Waals surface area contributed by atoms with Gasteiger partial charge in [0, 0.05) is 17.1 Å². The van der Waals surface area contributed by atoms with E-state index in [1.54, 1.807) is 0 Å². The smallest absolute Gasteiger partial charge is 0.175 e. The summed E-state index contributed by atoms with van der Waals surface area (Å²) in [5, 5.41) is 19.6. The summed E-state index contributed by atoms with van der Waals surface area (Å²) in [5.41, 5.74) is 3.63. The second kappa shape index (κ2) is 7.61. The fourth-order valence-corrected chi connectivity index (χ4v) is 4.74. The third kappa shape index (κ3) is 4.94. The maximum Gasteiger partial charge on any atom is 0.175 e. The lowest BCUT2D eigenvalue weighted by atomic mass is 10.2. The number of nitrogens with one attached hydrogen (secondary N) is 3. The minimum Gasteiger partial charge on any atom is -0.390 e. The van der Waals surface area contributed by atoms with Crippen molar-refractivity contribution in [3.05, 3.63) is 54.1 Å². The van der Waals surface area contributed by atoms with Crippen molar-refractivity contribution in [2.75, 3.05) is 27.5 Å². The van der Waals surface area contributed by atoms with Crippen molar-refractivity contribution in [2.45, 2.75) is 19.1 Å². The first-order valence-corrected chi connectivity index (χ1v) is 10.4. The molecule has 0 aliphatic carbocycles. The molecule has 2 atom stereocenters. The summed E-state index contributed by atoms with van der Waals surface area (Å²) >= 11 is 5.30. The molecular weight excluding hydrogens is 370 g/mol. The first-order valence-electron chi connectivity index (χ1n) is 8.20. The Labute approximate surface area is 158 Å². The molecule has 1 aliphatic rings. The standard InChI is InChI=1S/C18H21N3O3S2/c1-12-2-4-14(5-3-12)20-18(25)21-15-8-6-13(7-9-15)19-16-10-26(23,24)11-17(16)22/h2-9,16-17,19,22H,10-11H2,1H3,(H2,20,21,25)/t16-,17+/m0/s1. The SMILES string of the molecule is Cc1ccc(NC(=S)Nc2ccc(N[C@H]3CS(=O)(=O)C[C@H]3O)cc2)cc1. The zero-order valence-electron chi connectivity index (χ0n) is 14.3. The van der Waals surface area contributed by atoms with E-state index in [2.05, 4.69) is 16.0 Å². The number of thiocarbonyl (C=S) groups is 1.